The summed E-state index contributed by atoms with van der Waals surface area (Å²) in [6, 6.07) is 3.54. The van der Waals surface area contributed by atoms with Gasteiger partial charge >= 0.3 is 5.97 Å². The third kappa shape index (κ3) is 3.42. The van der Waals surface area contributed by atoms with Crippen LogP contribution in [0.25, 0.3) is 0 Å². The number of likely N-dealkylation sites (N-methyl/N-ethyl adjacent to an activating group) is 1. The SMILES string of the molecule is CCN(CC(=O)O)C(C)c1ccc(O)cc1F. The summed E-state index contributed by atoms with van der Waals surface area (Å²) in [7, 11) is 0. The molecular weight excluding hydrogens is 225 g/mol. The topological polar surface area (TPSA) is 60.8 Å². The zero-order chi connectivity index (χ0) is 13.0. The van der Waals surface area contributed by atoms with Crippen molar-refractivity contribution in [2.75, 3.05) is 13.1 Å². The molecule has 1 atom stereocenters. The predicted molar refractivity (Wildman–Crippen MR) is 61.4 cm³/mol. The molecular formula is C12H16FNO3. The Morgan fingerprint density at radius 1 is 1.53 bits per heavy atom. The van der Waals surface area contributed by atoms with Gasteiger partial charge in [0.05, 0.1) is 6.54 Å². The van der Waals surface area contributed by atoms with Gasteiger partial charge in [-0.25, -0.2) is 4.39 Å². The number of phenolic OH excluding ortho intramolecular Hbond substituents is 1. The Morgan fingerprint density at radius 3 is 2.65 bits per heavy atom. The van der Waals surface area contributed by atoms with Crippen LogP contribution < -0.4 is 0 Å². The van der Waals surface area contributed by atoms with Crippen LogP contribution in [0.1, 0.15) is 25.5 Å². The van der Waals surface area contributed by atoms with Crippen LogP contribution in [0.3, 0.4) is 0 Å². The number of rotatable bonds is 5. The molecule has 1 rings (SSSR count). The van der Waals surface area contributed by atoms with Crippen LogP contribution in [0.15, 0.2) is 18.2 Å². The fourth-order valence-electron chi connectivity index (χ4n) is 1.75. The highest BCUT2D eigenvalue weighted by atomic mass is 19.1. The zero-order valence-corrected chi connectivity index (χ0v) is 9.85. The highest BCUT2D eigenvalue weighted by molar-refractivity contribution is 5.69. The maximum atomic E-state index is 13.6. The number of aromatic hydroxyl groups is 1. The van der Waals surface area contributed by atoms with Gasteiger partial charge in [0.25, 0.3) is 0 Å². The van der Waals surface area contributed by atoms with E-state index in [-0.39, 0.29) is 18.3 Å². The van der Waals surface area contributed by atoms with Crippen molar-refractivity contribution in [3.8, 4) is 5.75 Å². The lowest BCUT2D eigenvalue weighted by molar-refractivity contribution is -0.138. The molecule has 0 fully saturated rings. The molecule has 0 bridgehead atoms. The van der Waals surface area contributed by atoms with E-state index < -0.39 is 11.8 Å². The molecule has 0 aromatic heterocycles. The van der Waals surface area contributed by atoms with E-state index in [1.54, 1.807) is 11.8 Å². The van der Waals surface area contributed by atoms with Crippen LogP contribution in [-0.2, 0) is 4.79 Å². The number of halogens is 1. The molecule has 0 heterocycles. The second-order valence-electron chi connectivity index (χ2n) is 3.84. The maximum absolute atomic E-state index is 13.6. The molecule has 0 aliphatic rings. The Morgan fingerprint density at radius 2 is 2.18 bits per heavy atom. The van der Waals surface area contributed by atoms with Gasteiger partial charge < -0.3 is 10.2 Å². The van der Waals surface area contributed by atoms with E-state index in [9.17, 15) is 9.18 Å². The number of carboxylic acids is 1. The van der Waals surface area contributed by atoms with Crippen molar-refractivity contribution in [1.82, 2.24) is 4.90 Å². The van der Waals surface area contributed by atoms with Crippen LogP contribution >= 0.6 is 0 Å². The smallest absolute Gasteiger partial charge is 0.317 e. The van der Waals surface area contributed by atoms with E-state index in [1.165, 1.54) is 12.1 Å². The van der Waals surface area contributed by atoms with E-state index >= 15 is 0 Å². The number of hydrogen-bond acceptors (Lipinski definition) is 3. The third-order valence-corrected chi connectivity index (χ3v) is 2.73. The molecule has 1 aromatic carbocycles. The van der Waals surface area contributed by atoms with Crippen LogP contribution in [-0.4, -0.2) is 34.2 Å². The first-order valence-corrected chi connectivity index (χ1v) is 5.40. The standard InChI is InChI=1S/C12H16FNO3/c1-3-14(7-12(16)17)8(2)10-5-4-9(15)6-11(10)13/h4-6,8,15H,3,7H2,1-2H3,(H,16,17). The minimum Gasteiger partial charge on any atom is -0.508 e. The van der Waals surface area contributed by atoms with Gasteiger partial charge in [0, 0.05) is 17.7 Å². The summed E-state index contributed by atoms with van der Waals surface area (Å²) in [6.07, 6.45) is 0. The summed E-state index contributed by atoms with van der Waals surface area (Å²) < 4.78 is 13.6. The quantitative estimate of drug-likeness (QED) is 0.827. The lowest BCUT2D eigenvalue weighted by atomic mass is 10.1. The summed E-state index contributed by atoms with van der Waals surface area (Å²) in [5, 5.41) is 17.9. The van der Waals surface area contributed by atoms with Crippen molar-refractivity contribution < 1.29 is 19.4 Å². The number of phenols is 1. The van der Waals surface area contributed by atoms with Gasteiger partial charge in [-0.15, -0.1) is 0 Å². The van der Waals surface area contributed by atoms with Crippen molar-refractivity contribution in [3.05, 3.63) is 29.6 Å². The monoisotopic (exact) mass is 241 g/mol. The van der Waals surface area contributed by atoms with E-state index in [0.29, 0.717) is 12.1 Å². The number of carboxylic acid groups (broad SMARTS) is 1. The van der Waals surface area contributed by atoms with E-state index in [0.717, 1.165) is 6.07 Å². The van der Waals surface area contributed by atoms with E-state index in [4.69, 9.17) is 10.2 Å². The van der Waals surface area contributed by atoms with Gasteiger partial charge in [0.2, 0.25) is 0 Å². The number of nitrogens with zero attached hydrogens (tertiary/aromatic N) is 1. The molecule has 17 heavy (non-hydrogen) atoms. The average molecular weight is 241 g/mol. The predicted octanol–water partition coefficient (Wildman–Crippen LogP) is 2.00. The van der Waals surface area contributed by atoms with Gasteiger partial charge in [-0.1, -0.05) is 13.0 Å². The molecule has 0 amide bonds. The van der Waals surface area contributed by atoms with Gasteiger partial charge in [-0.2, -0.15) is 0 Å². The normalized spacial score (nSPS) is 12.7. The second-order valence-corrected chi connectivity index (χ2v) is 3.84. The minimum absolute atomic E-state index is 0.139. The summed E-state index contributed by atoms with van der Waals surface area (Å²) in [6.45, 7) is 3.92. The first-order chi connectivity index (χ1) is 7.95. The van der Waals surface area contributed by atoms with Crippen LogP contribution in [0.4, 0.5) is 4.39 Å². The highest BCUT2D eigenvalue weighted by Gasteiger charge is 2.19. The molecule has 0 saturated heterocycles. The lowest BCUT2D eigenvalue weighted by Crippen LogP contribution is -2.32. The molecule has 5 heteroatoms. The van der Waals surface area contributed by atoms with Gasteiger partial charge in [0.15, 0.2) is 0 Å². The van der Waals surface area contributed by atoms with Crippen molar-refractivity contribution in [3.63, 3.8) is 0 Å². The second kappa shape index (κ2) is 5.63. The van der Waals surface area contributed by atoms with Crippen LogP contribution in [0.5, 0.6) is 5.75 Å². The van der Waals surface area contributed by atoms with Crippen molar-refractivity contribution >= 4 is 5.97 Å². The third-order valence-electron chi connectivity index (χ3n) is 2.73. The Hall–Kier alpha value is -1.62. The Bertz CT molecular complexity index is 409. The molecule has 0 aliphatic carbocycles. The number of aliphatic carboxylic acids is 1. The summed E-state index contributed by atoms with van der Waals surface area (Å²) in [5.41, 5.74) is 0.380. The molecule has 0 saturated carbocycles. The number of carbonyl (C=O) groups is 1. The van der Waals surface area contributed by atoms with Gasteiger partial charge in [-0.3, -0.25) is 9.69 Å². The van der Waals surface area contributed by atoms with E-state index in [1.807, 2.05) is 6.92 Å². The molecule has 2 N–H and O–H groups in total. The average Bonchev–Trinajstić information content (AvgIpc) is 2.24. The summed E-state index contributed by atoms with van der Waals surface area (Å²) in [4.78, 5) is 12.3. The minimum atomic E-state index is -0.946. The molecule has 0 spiro atoms. The highest BCUT2D eigenvalue weighted by Crippen LogP contribution is 2.25. The Labute approximate surface area is 99.3 Å². The molecule has 94 valence electrons. The summed E-state index contributed by atoms with van der Waals surface area (Å²) in [5.74, 6) is -1.61. The Balaban J connectivity index is 2.93. The fraction of sp³-hybridized carbons (Fsp3) is 0.417. The number of benzene rings is 1. The van der Waals surface area contributed by atoms with Crippen molar-refractivity contribution in [1.29, 1.82) is 0 Å². The first kappa shape index (κ1) is 13.4. The van der Waals surface area contributed by atoms with Crippen molar-refractivity contribution in [2.45, 2.75) is 19.9 Å². The van der Waals surface area contributed by atoms with Crippen molar-refractivity contribution in [2.24, 2.45) is 0 Å². The molecule has 1 unspecified atom stereocenters. The molecule has 0 aliphatic heterocycles. The molecule has 4 nitrogen and oxygen atoms in total. The largest absolute Gasteiger partial charge is 0.508 e. The fourth-order valence-corrected chi connectivity index (χ4v) is 1.75. The molecule has 0 radical (unpaired) electrons. The van der Waals surface area contributed by atoms with Gasteiger partial charge in [0.1, 0.15) is 11.6 Å². The van der Waals surface area contributed by atoms with Crippen LogP contribution in [0.2, 0.25) is 0 Å². The maximum Gasteiger partial charge on any atom is 0.317 e. The summed E-state index contributed by atoms with van der Waals surface area (Å²) >= 11 is 0. The van der Waals surface area contributed by atoms with Crippen LogP contribution in [0, 0.1) is 5.82 Å². The zero-order valence-electron chi connectivity index (χ0n) is 9.85. The van der Waals surface area contributed by atoms with E-state index in [2.05, 4.69) is 0 Å². The van der Waals surface area contributed by atoms with Gasteiger partial charge in [-0.05, 0) is 19.5 Å². The Kier molecular flexibility index (Phi) is 4.45. The molecule has 1 aromatic rings. The number of hydrogen-bond donors (Lipinski definition) is 2. The first-order valence-electron chi connectivity index (χ1n) is 5.40. The lowest BCUT2D eigenvalue weighted by Gasteiger charge is -2.26.